The third-order valence-electron chi connectivity index (χ3n) is 3.26. The first-order valence-electron chi connectivity index (χ1n) is 6.26. The van der Waals surface area contributed by atoms with E-state index in [-0.39, 0.29) is 12.2 Å². The molecule has 0 atom stereocenters. The Balaban J connectivity index is 1.92. The van der Waals surface area contributed by atoms with Crippen molar-refractivity contribution < 1.29 is 4.74 Å². The fourth-order valence-corrected chi connectivity index (χ4v) is 1.97. The van der Waals surface area contributed by atoms with Crippen molar-refractivity contribution in [1.29, 1.82) is 0 Å². The van der Waals surface area contributed by atoms with E-state index < -0.39 is 5.69 Å². The highest BCUT2D eigenvalue weighted by Gasteiger charge is 2.09. The van der Waals surface area contributed by atoms with E-state index in [2.05, 4.69) is 10.2 Å². The van der Waals surface area contributed by atoms with Gasteiger partial charge in [0.15, 0.2) is 5.65 Å². The van der Waals surface area contributed by atoms with Crippen LogP contribution in [0.4, 0.5) is 0 Å². The van der Waals surface area contributed by atoms with Crippen molar-refractivity contribution >= 4 is 5.65 Å². The van der Waals surface area contributed by atoms with Crippen molar-refractivity contribution in [2.24, 2.45) is 14.1 Å². The third-order valence-corrected chi connectivity index (χ3v) is 3.26. The summed E-state index contributed by atoms with van der Waals surface area (Å²) in [5.41, 5.74) is 0.358. The van der Waals surface area contributed by atoms with Gasteiger partial charge in [-0.05, 0) is 12.1 Å². The summed E-state index contributed by atoms with van der Waals surface area (Å²) in [5, 5.41) is 7.88. The van der Waals surface area contributed by atoms with Gasteiger partial charge in [0.25, 0.3) is 5.56 Å². The molecule has 0 unspecified atom stereocenters. The molecular weight excluding hydrogens is 274 g/mol. The number of hydrogen-bond donors (Lipinski definition) is 0. The maximum atomic E-state index is 11.8. The van der Waals surface area contributed by atoms with Crippen molar-refractivity contribution in [1.82, 2.24) is 23.7 Å². The van der Waals surface area contributed by atoms with Crippen LogP contribution in [-0.4, -0.2) is 23.7 Å². The van der Waals surface area contributed by atoms with Crippen LogP contribution < -0.4 is 16.0 Å². The number of nitrogens with zero attached hydrogens (tertiary/aromatic N) is 5. The van der Waals surface area contributed by atoms with Crippen LogP contribution in [0.1, 0.15) is 5.69 Å². The van der Waals surface area contributed by atoms with Gasteiger partial charge >= 0.3 is 11.7 Å². The molecular formula is C13H13N5O3. The summed E-state index contributed by atoms with van der Waals surface area (Å²) in [6.45, 7) is 0.0531. The Hall–Kier alpha value is -2.90. The molecule has 0 aliphatic rings. The lowest BCUT2D eigenvalue weighted by molar-refractivity contribution is 0.267. The fraction of sp³-hybridized carbons (Fsp3) is 0.231. The van der Waals surface area contributed by atoms with E-state index in [9.17, 15) is 9.59 Å². The van der Waals surface area contributed by atoms with Gasteiger partial charge in [-0.15, -0.1) is 5.10 Å². The van der Waals surface area contributed by atoms with Crippen LogP contribution in [0.2, 0.25) is 0 Å². The molecule has 0 N–H and O–H groups in total. The van der Waals surface area contributed by atoms with Crippen molar-refractivity contribution in [2.45, 2.75) is 6.61 Å². The number of rotatable bonds is 3. The molecule has 21 heavy (non-hydrogen) atoms. The molecule has 0 spiro atoms. The van der Waals surface area contributed by atoms with Crippen molar-refractivity contribution in [3.8, 4) is 6.01 Å². The number of hydrogen-bond acceptors (Lipinski definition) is 5. The van der Waals surface area contributed by atoms with Gasteiger partial charge in [-0.2, -0.15) is 0 Å². The second-order valence-electron chi connectivity index (χ2n) is 4.57. The summed E-state index contributed by atoms with van der Waals surface area (Å²) < 4.78 is 9.64. The lowest BCUT2D eigenvalue weighted by Gasteiger charge is -2.09. The van der Waals surface area contributed by atoms with Crippen LogP contribution in [-0.2, 0) is 20.7 Å². The van der Waals surface area contributed by atoms with E-state index in [0.717, 1.165) is 4.57 Å². The SMILES string of the molecule is Cn1c(COc2nnc3ccccn23)cc(=O)n(C)c1=O. The molecule has 3 heterocycles. The molecule has 0 aromatic carbocycles. The Bertz CT molecular complexity index is 921. The summed E-state index contributed by atoms with van der Waals surface area (Å²) in [5.74, 6) is 0. The first-order chi connectivity index (χ1) is 10.1. The molecule has 8 heteroatoms. The van der Waals surface area contributed by atoms with Gasteiger partial charge in [-0.3, -0.25) is 18.3 Å². The van der Waals surface area contributed by atoms with E-state index in [1.807, 2.05) is 12.1 Å². The standard InChI is InChI=1S/C13H13N5O3/c1-16-9(7-11(19)17(2)13(16)20)8-21-12-15-14-10-5-3-4-6-18(10)12/h3-7H,8H2,1-2H3. The van der Waals surface area contributed by atoms with Gasteiger partial charge in [0.2, 0.25) is 0 Å². The van der Waals surface area contributed by atoms with Gasteiger partial charge in [0.05, 0.1) is 5.69 Å². The zero-order valence-corrected chi connectivity index (χ0v) is 11.6. The van der Waals surface area contributed by atoms with Crippen LogP contribution in [0.15, 0.2) is 40.1 Å². The Morgan fingerprint density at radius 3 is 2.76 bits per heavy atom. The summed E-state index contributed by atoms with van der Waals surface area (Å²) in [6, 6.07) is 7.15. The van der Waals surface area contributed by atoms with Crippen LogP contribution >= 0.6 is 0 Å². The maximum absolute atomic E-state index is 11.8. The lowest BCUT2D eigenvalue weighted by atomic mass is 10.4. The summed E-state index contributed by atoms with van der Waals surface area (Å²) in [4.78, 5) is 23.5. The highest BCUT2D eigenvalue weighted by atomic mass is 16.5. The molecule has 0 fully saturated rings. The Labute approximate surface area is 118 Å². The van der Waals surface area contributed by atoms with Crippen LogP contribution in [0.25, 0.3) is 5.65 Å². The first-order valence-corrected chi connectivity index (χ1v) is 6.26. The topological polar surface area (TPSA) is 83.4 Å². The monoisotopic (exact) mass is 287 g/mol. The van der Waals surface area contributed by atoms with Crippen molar-refractivity contribution in [3.63, 3.8) is 0 Å². The molecule has 3 rings (SSSR count). The number of pyridine rings is 1. The number of fused-ring (bicyclic) bond motifs is 1. The van der Waals surface area contributed by atoms with E-state index in [1.165, 1.54) is 17.7 Å². The minimum atomic E-state index is -0.396. The first kappa shape index (κ1) is 13.1. The lowest BCUT2D eigenvalue weighted by Crippen LogP contribution is -2.38. The number of aromatic nitrogens is 5. The summed E-state index contributed by atoms with van der Waals surface area (Å²) >= 11 is 0. The van der Waals surface area contributed by atoms with Crippen molar-refractivity contribution in [2.75, 3.05) is 0 Å². The molecule has 3 aromatic heterocycles. The largest absolute Gasteiger partial charge is 0.457 e. The minimum absolute atomic E-state index is 0.0531. The molecule has 0 saturated carbocycles. The van der Waals surface area contributed by atoms with Gasteiger partial charge in [-0.25, -0.2) is 4.79 Å². The zero-order valence-electron chi connectivity index (χ0n) is 11.6. The zero-order chi connectivity index (χ0) is 15.0. The smallest absolute Gasteiger partial charge is 0.330 e. The number of ether oxygens (including phenoxy) is 1. The molecule has 3 aromatic rings. The van der Waals surface area contributed by atoms with E-state index in [4.69, 9.17) is 4.74 Å². The average molecular weight is 287 g/mol. The van der Waals surface area contributed by atoms with E-state index in [1.54, 1.807) is 23.7 Å². The van der Waals surface area contributed by atoms with Gasteiger partial charge in [-0.1, -0.05) is 11.2 Å². The van der Waals surface area contributed by atoms with E-state index in [0.29, 0.717) is 17.4 Å². The quantitative estimate of drug-likeness (QED) is 0.661. The highest BCUT2D eigenvalue weighted by molar-refractivity contribution is 5.38. The predicted octanol–water partition coefficient (Wildman–Crippen LogP) is -0.294. The molecule has 0 saturated heterocycles. The van der Waals surface area contributed by atoms with Crippen LogP contribution in [0.5, 0.6) is 6.01 Å². The Morgan fingerprint density at radius 1 is 1.14 bits per heavy atom. The second kappa shape index (κ2) is 4.89. The minimum Gasteiger partial charge on any atom is -0.457 e. The maximum Gasteiger partial charge on any atom is 0.330 e. The van der Waals surface area contributed by atoms with E-state index >= 15 is 0 Å². The van der Waals surface area contributed by atoms with Crippen LogP contribution in [0.3, 0.4) is 0 Å². The Kier molecular flexibility index (Phi) is 3.05. The van der Waals surface area contributed by atoms with Crippen LogP contribution in [0, 0.1) is 0 Å². The molecule has 8 nitrogen and oxygen atoms in total. The van der Waals surface area contributed by atoms with Gasteiger partial charge in [0.1, 0.15) is 6.61 Å². The molecule has 0 radical (unpaired) electrons. The Morgan fingerprint density at radius 2 is 1.95 bits per heavy atom. The highest BCUT2D eigenvalue weighted by Crippen LogP contribution is 2.11. The molecule has 108 valence electrons. The normalized spacial score (nSPS) is 11.0. The molecule has 0 amide bonds. The third kappa shape index (κ3) is 2.20. The fourth-order valence-electron chi connectivity index (χ4n) is 1.97. The second-order valence-corrected chi connectivity index (χ2v) is 4.57. The summed E-state index contributed by atoms with van der Waals surface area (Å²) in [6.07, 6.45) is 1.77. The summed E-state index contributed by atoms with van der Waals surface area (Å²) in [7, 11) is 3.02. The molecule has 0 aliphatic carbocycles. The predicted molar refractivity (Wildman–Crippen MR) is 74.2 cm³/mol. The van der Waals surface area contributed by atoms with Gasteiger partial charge in [0, 0.05) is 26.4 Å². The van der Waals surface area contributed by atoms with Gasteiger partial charge < -0.3 is 4.74 Å². The molecule has 0 aliphatic heterocycles. The van der Waals surface area contributed by atoms with Crippen molar-refractivity contribution in [3.05, 3.63) is 57.0 Å². The average Bonchev–Trinajstić information content (AvgIpc) is 2.91. The molecule has 0 bridgehead atoms.